The van der Waals surface area contributed by atoms with E-state index in [4.69, 9.17) is 4.74 Å². The molecule has 1 saturated carbocycles. The Balaban J connectivity index is 1.92. The van der Waals surface area contributed by atoms with E-state index in [9.17, 15) is 4.39 Å². The van der Waals surface area contributed by atoms with Gasteiger partial charge in [0.05, 0.1) is 6.61 Å². The van der Waals surface area contributed by atoms with Crippen molar-refractivity contribution < 1.29 is 9.13 Å². The van der Waals surface area contributed by atoms with E-state index in [1.54, 1.807) is 6.07 Å². The van der Waals surface area contributed by atoms with E-state index in [1.165, 1.54) is 38.2 Å². The summed E-state index contributed by atoms with van der Waals surface area (Å²) in [7, 11) is 0. The average molecular weight is 293 g/mol. The van der Waals surface area contributed by atoms with E-state index >= 15 is 0 Å². The Bertz CT molecular complexity index is 427. The van der Waals surface area contributed by atoms with Gasteiger partial charge in [0.15, 0.2) is 11.6 Å². The Morgan fingerprint density at radius 3 is 2.71 bits per heavy atom. The van der Waals surface area contributed by atoms with Crippen LogP contribution in [-0.2, 0) is 6.54 Å². The van der Waals surface area contributed by atoms with Gasteiger partial charge in [-0.15, -0.1) is 0 Å². The second kappa shape index (κ2) is 8.38. The van der Waals surface area contributed by atoms with Gasteiger partial charge in [-0.3, -0.25) is 0 Å². The summed E-state index contributed by atoms with van der Waals surface area (Å²) in [6, 6.07) is 5.20. The Hall–Kier alpha value is -1.09. The number of hydrogen-bond donors (Lipinski definition) is 1. The Morgan fingerprint density at radius 1 is 1.24 bits per heavy atom. The fourth-order valence-corrected chi connectivity index (χ4v) is 2.90. The molecule has 0 heterocycles. The molecular formula is C18H28FNO. The zero-order chi connectivity index (χ0) is 15.1. The molecule has 0 amide bonds. The Morgan fingerprint density at radius 2 is 2.00 bits per heavy atom. The van der Waals surface area contributed by atoms with Crippen LogP contribution in [0, 0.1) is 17.7 Å². The summed E-state index contributed by atoms with van der Waals surface area (Å²) >= 11 is 0. The number of benzene rings is 1. The molecule has 118 valence electrons. The van der Waals surface area contributed by atoms with Crippen molar-refractivity contribution in [2.24, 2.45) is 11.8 Å². The first-order valence-corrected chi connectivity index (χ1v) is 8.27. The summed E-state index contributed by atoms with van der Waals surface area (Å²) in [6.07, 6.45) is 6.34. The molecule has 1 aromatic rings. The molecule has 1 fully saturated rings. The minimum Gasteiger partial charge on any atom is -0.490 e. The molecule has 1 aromatic carbocycles. The molecule has 2 nitrogen and oxygen atoms in total. The van der Waals surface area contributed by atoms with Gasteiger partial charge in [-0.2, -0.15) is 0 Å². The summed E-state index contributed by atoms with van der Waals surface area (Å²) < 4.78 is 19.9. The maximum absolute atomic E-state index is 14.0. The van der Waals surface area contributed by atoms with Crippen LogP contribution in [0.25, 0.3) is 0 Å². The van der Waals surface area contributed by atoms with Crippen molar-refractivity contribution in [2.45, 2.75) is 52.5 Å². The molecule has 21 heavy (non-hydrogen) atoms. The standard InChI is InChI=1S/C18H28FNO/c1-14(2)11-20-12-16-9-6-10-17(19)18(16)21-13-15-7-4-3-5-8-15/h6,9-10,14-15,20H,3-5,7-8,11-13H2,1-2H3. The second-order valence-corrected chi connectivity index (χ2v) is 6.57. The lowest BCUT2D eigenvalue weighted by Gasteiger charge is -2.22. The van der Waals surface area contributed by atoms with E-state index < -0.39 is 0 Å². The average Bonchev–Trinajstić information content (AvgIpc) is 2.47. The minimum absolute atomic E-state index is 0.241. The predicted molar refractivity (Wildman–Crippen MR) is 85.0 cm³/mol. The van der Waals surface area contributed by atoms with Gasteiger partial charge in [0, 0.05) is 12.1 Å². The van der Waals surface area contributed by atoms with Gasteiger partial charge in [-0.05, 0) is 37.3 Å². The summed E-state index contributed by atoms with van der Waals surface area (Å²) in [5.74, 6) is 1.38. The molecule has 0 radical (unpaired) electrons. The number of halogens is 1. The molecule has 1 aliphatic rings. The molecule has 3 heteroatoms. The molecular weight excluding hydrogens is 265 g/mol. The normalized spacial score (nSPS) is 16.4. The van der Waals surface area contributed by atoms with Gasteiger partial charge in [0.1, 0.15) is 0 Å². The van der Waals surface area contributed by atoms with Gasteiger partial charge < -0.3 is 10.1 Å². The Kier molecular flexibility index (Phi) is 6.50. The highest BCUT2D eigenvalue weighted by Crippen LogP contribution is 2.27. The van der Waals surface area contributed by atoms with Crippen molar-refractivity contribution in [1.29, 1.82) is 0 Å². The first-order valence-electron chi connectivity index (χ1n) is 8.27. The van der Waals surface area contributed by atoms with Crippen LogP contribution in [0.15, 0.2) is 18.2 Å². The van der Waals surface area contributed by atoms with Crippen molar-refractivity contribution in [1.82, 2.24) is 5.32 Å². The largest absolute Gasteiger partial charge is 0.490 e. The summed E-state index contributed by atoms with van der Waals surface area (Å²) in [5, 5.41) is 3.36. The highest BCUT2D eigenvalue weighted by Gasteiger charge is 2.16. The zero-order valence-electron chi connectivity index (χ0n) is 13.3. The smallest absolute Gasteiger partial charge is 0.165 e. The molecule has 0 aromatic heterocycles. The van der Waals surface area contributed by atoms with E-state index in [1.807, 2.05) is 6.07 Å². The highest BCUT2D eigenvalue weighted by molar-refractivity contribution is 5.34. The van der Waals surface area contributed by atoms with Crippen LogP contribution >= 0.6 is 0 Å². The van der Waals surface area contributed by atoms with Crippen LogP contribution in [0.4, 0.5) is 4.39 Å². The van der Waals surface area contributed by atoms with Crippen LogP contribution in [0.1, 0.15) is 51.5 Å². The van der Waals surface area contributed by atoms with Gasteiger partial charge in [-0.25, -0.2) is 4.39 Å². The highest BCUT2D eigenvalue weighted by atomic mass is 19.1. The summed E-state index contributed by atoms with van der Waals surface area (Å²) in [5.41, 5.74) is 0.923. The first kappa shape index (κ1) is 16.3. The van der Waals surface area contributed by atoms with Crippen molar-refractivity contribution in [3.8, 4) is 5.75 Å². The quantitative estimate of drug-likeness (QED) is 0.797. The number of rotatable bonds is 7. The fourth-order valence-electron chi connectivity index (χ4n) is 2.90. The maximum Gasteiger partial charge on any atom is 0.165 e. The molecule has 0 saturated heterocycles. The third kappa shape index (κ3) is 5.31. The molecule has 0 spiro atoms. The monoisotopic (exact) mass is 293 g/mol. The lowest BCUT2D eigenvalue weighted by Crippen LogP contribution is -2.21. The predicted octanol–water partition coefficient (Wildman–Crippen LogP) is 4.53. The van der Waals surface area contributed by atoms with E-state index in [2.05, 4.69) is 19.2 Å². The Labute approximate surface area is 128 Å². The molecule has 0 atom stereocenters. The molecule has 0 aliphatic heterocycles. The minimum atomic E-state index is -0.241. The van der Waals surface area contributed by atoms with Gasteiger partial charge in [-0.1, -0.05) is 45.2 Å². The first-order chi connectivity index (χ1) is 10.2. The third-order valence-corrected chi connectivity index (χ3v) is 4.10. The van der Waals surface area contributed by atoms with E-state index in [0.29, 0.717) is 30.7 Å². The van der Waals surface area contributed by atoms with Crippen molar-refractivity contribution in [3.05, 3.63) is 29.6 Å². The van der Waals surface area contributed by atoms with E-state index in [0.717, 1.165) is 12.1 Å². The van der Waals surface area contributed by atoms with Gasteiger partial charge in [0.25, 0.3) is 0 Å². The van der Waals surface area contributed by atoms with Crippen LogP contribution in [0.3, 0.4) is 0 Å². The van der Waals surface area contributed by atoms with Crippen LogP contribution in [-0.4, -0.2) is 13.2 Å². The lowest BCUT2D eigenvalue weighted by atomic mass is 9.90. The molecule has 1 aliphatic carbocycles. The van der Waals surface area contributed by atoms with Crippen molar-refractivity contribution >= 4 is 0 Å². The zero-order valence-corrected chi connectivity index (χ0v) is 13.3. The SMILES string of the molecule is CC(C)CNCc1cccc(F)c1OCC1CCCCC1. The summed E-state index contributed by atoms with van der Waals surface area (Å²) in [4.78, 5) is 0. The third-order valence-electron chi connectivity index (χ3n) is 4.10. The number of nitrogens with one attached hydrogen (secondary N) is 1. The molecule has 0 unspecified atom stereocenters. The van der Waals surface area contributed by atoms with Crippen molar-refractivity contribution in [3.63, 3.8) is 0 Å². The number of para-hydroxylation sites is 1. The summed E-state index contributed by atoms with van der Waals surface area (Å²) in [6.45, 7) is 6.57. The fraction of sp³-hybridized carbons (Fsp3) is 0.667. The maximum atomic E-state index is 14.0. The van der Waals surface area contributed by atoms with Crippen LogP contribution < -0.4 is 10.1 Å². The number of hydrogen-bond acceptors (Lipinski definition) is 2. The van der Waals surface area contributed by atoms with Gasteiger partial charge in [0.2, 0.25) is 0 Å². The molecule has 1 N–H and O–H groups in total. The van der Waals surface area contributed by atoms with Gasteiger partial charge >= 0.3 is 0 Å². The van der Waals surface area contributed by atoms with Crippen LogP contribution in [0.5, 0.6) is 5.75 Å². The molecule has 2 rings (SSSR count). The topological polar surface area (TPSA) is 21.3 Å². The second-order valence-electron chi connectivity index (χ2n) is 6.57. The lowest BCUT2D eigenvalue weighted by molar-refractivity contribution is 0.200. The molecule has 0 bridgehead atoms. The van der Waals surface area contributed by atoms with Crippen LogP contribution in [0.2, 0.25) is 0 Å². The number of ether oxygens (including phenoxy) is 1. The van der Waals surface area contributed by atoms with E-state index in [-0.39, 0.29) is 5.82 Å². The van der Waals surface area contributed by atoms with Crippen molar-refractivity contribution in [2.75, 3.05) is 13.2 Å².